The fourth-order valence-electron chi connectivity index (χ4n) is 4.85. The van der Waals surface area contributed by atoms with E-state index in [2.05, 4.69) is 35.6 Å². The molecule has 0 atom stereocenters. The summed E-state index contributed by atoms with van der Waals surface area (Å²) in [5.41, 5.74) is 0.521. The van der Waals surface area contributed by atoms with Gasteiger partial charge in [-0.05, 0) is 12.1 Å². The summed E-state index contributed by atoms with van der Waals surface area (Å²) in [7, 11) is 3.08. The summed E-state index contributed by atoms with van der Waals surface area (Å²) in [6.45, 7) is 6.87. The average Bonchev–Trinajstić information content (AvgIpc) is 3.57. The smallest absolute Gasteiger partial charge is 0.332 e. The van der Waals surface area contributed by atoms with Crippen molar-refractivity contribution < 1.29 is 4.42 Å². The predicted molar refractivity (Wildman–Crippen MR) is 137 cm³/mol. The topological polar surface area (TPSA) is 144 Å². The van der Waals surface area contributed by atoms with E-state index >= 15 is 0 Å². The first-order valence-corrected chi connectivity index (χ1v) is 12.4. The van der Waals surface area contributed by atoms with Gasteiger partial charge in [-0.3, -0.25) is 18.5 Å². The molecule has 2 fully saturated rings. The number of aryl methyl sites for hydroxylation is 1. The molecule has 2 aliphatic heterocycles. The minimum absolute atomic E-state index is 0.141. The zero-order chi connectivity index (χ0) is 25.5. The maximum absolute atomic E-state index is 13.2. The lowest BCUT2D eigenvalue weighted by Gasteiger charge is -2.28. The molecule has 2 N–H and O–H groups in total. The van der Waals surface area contributed by atoms with Gasteiger partial charge in [0.2, 0.25) is 17.7 Å². The van der Waals surface area contributed by atoms with Crippen molar-refractivity contribution >= 4 is 22.9 Å². The molecule has 4 aromatic heterocycles. The zero-order valence-electron chi connectivity index (χ0n) is 20.8. The lowest BCUT2D eigenvalue weighted by Crippen LogP contribution is -2.44. The van der Waals surface area contributed by atoms with E-state index in [1.165, 1.54) is 11.6 Å². The molecule has 0 amide bonds. The molecule has 37 heavy (non-hydrogen) atoms. The number of aromatic nitrogens is 7. The third-order valence-electron chi connectivity index (χ3n) is 6.92. The monoisotopic (exact) mass is 507 g/mol. The number of nitrogens with one attached hydrogen (secondary N) is 2. The van der Waals surface area contributed by atoms with Crippen molar-refractivity contribution in [2.45, 2.75) is 6.54 Å². The summed E-state index contributed by atoms with van der Waals surface area (Å²) in [5, 5.41) is 15.1. The highest BCUT2D eigenvalue weighted by Crippen LogP contribution is 2.24. The minimum atomic E-state index is -0.425. The number of pyridine rings is 1. The molecule has 0 spiro atoms. The molecule has 0 unspecified atom stereocenters. The Kier molecular flexibility index (Phi) is 5.96. The highest BCUT2D eigenvalue weighted by Gasteiger charge is 2.25. The van der Waals surface area contributed by atoms with Crippen LogP contribution in [0.2, 0.25) is 0 Å². The molecule has 14 nitrogen and oxygen atoms in total. The van der Waals surface area contributed by atoms with Crippen molar-refractivity contribution in [2.24, 2.45) is 14.1 Å². The van der Waals surface area contributed by atoms with Crippen LogP contribution in [0.1, 0.15) is 5.89 Å². The first-order valence-electron chi connectivity index (χ1n) is 12.4. The van der Waals surface area contributed by atoms with E-state index < -0.39 is 11.2 Å². The molecule has 14 heteroatoms. The summed E-state index contributed by atoms with van der Waals surface area (Å²) in [6.07, 6.45) is 1.74. The van der Waals surface area contributed by atoms with E-state index in [0.29, 0.717) is 34.5 Å². The summed E-state index contributed by atoms with van der Waals surface area (Å²) < 4.78 is 10.3. The third-order valence-corrected chi connectivity index (χ3v) is 6.92. The second-order valence-corrected chi connectivity index (χ2v) is 9.26. The number of piperazine rings is 2. The lowest BCUT2D eigenvalue weighted by molar-refractivity contribution is 0.487. The van der Waals surface area contributed by atoms with Gasteiger partial charge < -0.3 is 24.9 Å². The molecule has 2 aliphatic rings. The van der Waals surface area contributed by atoms with Crippen molar-refractivity contribution in [3.8, 4) is 11.5 Å². The maximum atomic E-state index is 13.2. The molecule has 0 saturated carbocycles. The van der Waals surface area contributed by atoms with Crippen LogP contribution in [0.25, 0.3) is 22.6 Å². The van der Waals surface area contributed by atoms with Crippen LogP contribution in [0, 0.1) is 0 Å². The van der Waals surface area contributed by atoms with Crippen LogP contribution in [0.15, 0.2) is 32.3 Å². The van der Waals surface area contributed by atoms with E-state index in [0.717, 1.165) is 62.7 Å². The Labute approximate surface area is 211 Å². The van der Waals surface area contributed by atoms with Crippen molar-refractivity contribution in [3.63, 3.8) is 0 Å². The van der Waals surface area contributed by atoms with Gasteiger partial charge in [-0.2, -0.15) is 4.98 Å². The minimum Gasteiger partial charge on any atom is -0.419 e. The van der Waals surface area contributed by atoms with Crippen LogP contribution in [-0.2, 0) is 20.6 Å². The number of nitrogens with zero attached hydrogens (tertiary/aromatic N) is 9. The number of rotatable bonds is 5. The molecule has 4 aromatic rings. The van der Waals surface area contributed by atoms with Crippen LogP contribution >= 0.6 is 0 Å². The summed E-state index contributed by atoms with van der Waals surface area (Å²) >= 11 is 0. The first kappa shape index (κ1) is 23.4. The van der Waals surface area contributed by atoms with Gasteiger partial charge in [-0.25, -0.2) is 9.78 Å². The number of imidazole rings is 1. The molecule has 0 radical (unpaired) electrons. The number of hydrogen-bond donors (Lipinski definition) is 2. The molecular formula is C23H29N11O3. The second kappa shape index (κ2) is 9.44. The first-order chi connectivity index (χ1) is 18.0. The summed E-state index contributed by atoms with van der Waals surface area (Å²) in [5.74, 6) is 2.18. The standard InChI is InChI=1S/C23H29N11O3/c1-30-19-18(21(35)31(2)23(30)36)34(22(27-19)33-11-7-25-8-12-33)14-17-28-29-20(37-17)15-3-4-16(26-13-15)32-9-5-24-6-10-32/h3-4,13,24-25H,5-12,14H2,1-2H3. The highest BCUT2D eigenvalue weighted by atomic mass is 16.4. The van der Waals surface area contributed by atoms with Crippen molar-refractivity contribution in [2.75, 3.05) is 62.2 Å². The van der Waals surface area contributed by atoms with Crippen molar-refractivity contribution in [1.82, 2.24) is 44.5 Å². The maximum Gasteiger partial charge on any atom is 0.332 e. The molecule has 6 heterocycles. The third kappa shape index (κ3) is 4.17. The number of hydrogen-bond acceptors (Lipinski definition) is 11. The van der Waals surface area contributed by atoms with Gasteiger partial charge in [0.25, 0.3) is 5.56 Å². The molecule has 0 bridgehead atoms. The summed E-state index contributed by atoms with van der Waals surface area (Å²) in [4.78, 5) is 39.3. The Morgan fingerprint density at radius 1 is 0.919 bits per heavy atom. The molecule has 0 aliphatic carbocycles. The quantitative estimate of drug-likeness (QED) is 0.334. The molecule has 2 saturated heterocycles. The Morgan fingerprint density at radius 3 is 2.30 bits per heavy atom. The SMILES string of the molecule is Cn1c(=O)c2c(nc(N3CCNCC3)n2Cc2nnc(-c3ccc(N4CCNCC4)nc3)o2)n(C)c1=O. The predicted octanol–water partition coefficient (Wildman–Crippen LogP) is -1.25. The van der Waals surface area contributed by atoms with Crippen LogP contribution in [-0.4, -0.2) is 86.2 Å². The van der Waals surface area contributed by atoms with E-state index in [1.54, 1.807) is 17.8 Å². The molecule has 194 valence electrons. The van der Waals surface area contributed by atoms with E-state index in [4.69, 9.17) is 9.40 Å². The zero-order valence-corrected chi connectivity index (χ0v) is 20.8. The molecular weight excluding hydrogens is 478 g/mol. The summed E-state index contributed by atoms with van der Waals surface area (Å²) in [6, 6.07) is 3.88. The Balaban J connectivity index is 1.35. The van der Waals surface area contributed by atoms with Gasteiger partial charge in [-0.1, -0.05) is 0 Å². The van der Waals surface area contributed by atoms with Crippen LogP contribution < -0.4 is 31.7 Å². The van der Waals surface area contributed by atoms with Crippen molar-refractivity contribution in [3.05, 3.63) is 45.1 Å². The average molecular weight is 508 g/mol. The Morgan fingerprint density at radius 2 is 1.62 bits per heavy atom. The van der Waals surface area contributed by atoms with Gasteiger partial charge in [0.05, 0.1) is 5.56 Å². The van der Waals surface area contributed by atoms with Crippen LogP contribution in [0.3, 0.4) is 0 Å². The van der Waals surface area contributed by atoms with E-state index in [9.17, 15) is 9.59 Å². The molecule has 0 aromatic carbocycles. The number of anilines is 2. The fraction of sp³-hybridized carbons (Fsp3) is 0.478. The van der Waals surface area contributed by atoms with Gasteiger partial charge in [0.1, 0.15) is 12.4 Å². The molecule has 6 rings (SSSR count). The van der Waals surface area contributed by atoms with E-state index in [-0.39, 0.29) is 6.54 Å². The Hall–Kier alpha value is -4.04. The van der Waals surface area contributed by atoms with Crippen LogP contribution in [0.5, 0.6) is 0 Å². The van der Waals surface area contributed by atoms with Gasteiger partial charge >= 0.3 is 5.69 Å². The van der Waals surface area contributed by atoms with Crippen LogP contribution in [0.4, 0.5) is 11.8 Å². The van der Waals surface area contributed by atoms with Gasteiger partial charge in [0.15, 0.2) is 11.2 Å². The highest BCUT2D eigenvalue weighted by molar-refractivity contribution is 5.74. The van der Waals surface area contributed by atoms with Gasteiger partial charge in [-0.15, -0.1) is 10.2 Å². The number of fused-ring (bicyclic) bond motifs is 1. The second-order valence-electron chi connectivity index (χ2n) is 9.26. The van der Waals surface area contributed by atoms with Gasteiger partial charge in [0, 0.05) is 72.7 Å². The fourth-order valence-corrected chi connectivity index (χ4v) is 4.85. The largest absolute Gasteiger partial charge is 0.419 e. The lowest BCUT2D eigenvalue weighted by atomic mass is 10.2. The normalized spacial score (nSPS) is 16.6. The van der Waals surface area contributed by atoms with E-state index in [1.807, 2.05) is 12.1 Å². The Bertz CT molecular complexity index is 1540. The van der Waals surface area contributed by atoms with Crippen molar-refractivity contribution in [1.29, 1.82) is 0 Å².